The number of rotatable bonds is 6. The van der Waals surface area contributed by atoms with Crippen LogP contribution in [0.2, 0.25) is 0 Å². The first-order valence-electron chi connectivity index (χ1n) is 5.58. The third-order valence-electron chi connectivity index (χ3n) is 2.49. The SMILES string of the molecule is CC[C@H](N)C(=O)NCc1csc(C(C)OC)n1. The van der Waals surface area contributed by atoms with Gasteiger partial charge in [-0.1, -0.05) is 6.92 Å². The van der Waals surface area contributed by atoms with E-state index in [4.69, 9.17) is 10.5 Å². The molecule has 6 heteroatoms. The molecule has 0 saturated carbocycles. The van der Waals surface area contributed by atoms with Crippen LogP contribution in [-0.2, 0) is 16.1 Å². The number of ether oxygens (including phenoxy) is 1. The highest BCUT2D eigenvalue weighted by Crippen LogP contribution is 2.20. The summed E-state index contributed by atoms with van der Waals surface area (Å²) >= 11 is 1.53. The minimum atomic E-state index is -0.439. The second-order valence-electron chi connectivity index (χ2n) is 3.79. The summed E-state index contributed by atoms with van der Waals surface area (Å²) in [5, 5.41) is 5.59. The number of hydrogen-bond donors (Lipinski definition) is 2. The van der Waals surface area contributed by atoms with Crippen molar-refractivity contribution in [2.75, 3.05) is 7.11 Å². The third-order valence-corrected chi connectivity index (χ3v) is 3.55. The average molecular weight is 257 g/mol. The van der Waals surface area contributed by atoms with Gasteiger partial charge in [0, 0.05) is 12.5 Å². The Labute approximate surface area is 105 Å². The van der Waals surface area contributed by atoms with Crippen molar-refractivity contribution in [3.63, 3.8) is 0 Å². The van der Waals surface area contributed by atoms with Crippen LogP contribution in [0, 0.1) is 0 Å². The number of carbonyl (C=O) groups is 1. The zero-order valence-corrected chi connectivity index (χ0v) is 11.2. The second-order valence-corrected chi connectivity index (χ2v) is 4.68. The van der Waals surface area contributed by atoms with E-state index in [0.29, 0.717) is 13.0 Å². The van der Waals surface area contributed by atoms with Crippen molar-refractivity contribution in [2.45, 2.75) is 39.0 Å². The van der Waals surface area contributed by atoms with Gasteiger partial charge in [0.15, 0.2) is 0 Å². The van der Waals surface area contributed by atoms with Gasteiger partial charge in [-0.15, -0.1) is 11.3 Å². The van der Waals surface area contributed by atoms with E-state index in [1.807, 2.05) is 19.2 Å². The predicted molar refractivity (Wildman–Crippen MR) is 67.7 cm³/mol. The molecule has 1 heterocycles. The molecule has 0 fully saturated rings. The summed E-state index contributed by atoms with van der Waals surface area (Å²) in [6.07, 6.45) is 0.622. The van der Waals surface area contributed by atoms with Crippen molar-refractivity contribution in [1.82, 2.24) is 10.3 Å². The molecular weight excluding hydrogens is 238 g/mol. The number of nitrogens with zero attached hydrogens (tertiary/aromatic N) is 1. The maximum absolute atomic E-state index is 11.5. The number of amides is 1. The Balaban J connectivity index is 2.47. The van der Waals surface area contributed by atoms with E-state index in [2.05, 4.69) is 10.3 Å². The van der Waals surface area contributed by atoms with Crippen LogP contribution in [0.25, 0.3) is 0 Å². The highest BCUT2D eigenvalue weighted by Gasteiger charge is 2.12. The standard InChI is InChI=1S/C11H19N3O2S/c1-4-9(12)10(15)13-5-8-6-17-11(14-8)7(2)16-3/h6-7,9H,4-5,12H2,1-3H3,(H,13,15)/t7?,9-/m0/s1. The Morgan fingerprint density at radius 3 is 3.00 bits per heavy atom. The fourth-order valence-electron chi connectivity index (χ4n) is 1.19. The predicted octanol–water partition coefficient (Wildman–Crippen LogP) is 1.20. The van der Waals surface area contributed by atoms with Crippen LogP contribution in [0.5, 0.6) is 0 Å². The fourth-order valence-corrected chi connectivity index (χ4v) is 2.04. The Bertz CT molecular complexity index is 367. The summed E-state index contributed by atoms with van der Waals surface area (Å²) in [5.74, 6) is -0.137. The molecule has 0 spiro atoms. The van der Waals surface area contributed by atoms with E-state index in [-0.39, 0.29) is 12.0 Å². The highest BCUT2D eigenvalue weighted by molar-refractivity contribution is 7.09. The van der Waals surface area contributed by atoms with Gasteiger partial charge in [0.2, 0.25) is 5.91 Å². The zero-order chi connectivity index (χ0) is 12.8. The van der Waals surface area contributed by atoms with Gasteiger partial charge in [0.1, 0.15) is 11.1 Å². The van der Waals surface area contributed by atoms with Gasteiger partial charge in [-0.3, -0.25) is 4.79 Å². The largest absolute Gasteiger partial charge is 0.375 e. The molecule has 1 rings (SSSR count). The van der Waals surface area contributed by atoms with Crippen LogP contribution in [0.4, 0.5) is 0 Å². The van der Waals surface area contributed by atoms with Gasteiger partial charge >= 0.3 is 0 Å². The van der Waals surface area contributed by atoms with Crippen molar-refractivity contribution in [1.29, 1.82) is 0 Å². The topological polar surface area (TPSA) is 77.2 Å². The molecule has 1 aromatic heterocycles. The average Bonchev–Trinajstić information content (AvgIpc) is 2.82. The maximum atomic E-state index is 11.5. The Kier molecular flexibility index (Phi) is 5.54. The van der Waals surface area contributed by atoms with Crippen LogP contribution in [0.15, 0.2) is 5.38 Å². The van der Waals surface area contributed by atoms with Crippen LogP contribution in [0.3, 0.4) is 0 Å². The van der Waals surface area contributed by atoms with E-state index in [9.17, 15) is 4.79 Å². The van der Waals surface area contributed by atoms with Crippen molar-refractivity contribution < 1.29 is 9.53 Å². The smallest absolute Gasteiger partial charge is 0.237 e. The lowest BCUT2D eigenvalue weighted by Gasteiger charge is -2.08. The van der Waals surface area contributed by atoms with Gasteiger partial charge in [0.05, 0.1) is 18.3 Å². The van der Waals surface area contributed by atoms with Crippen LogP contribution >= 0.6 is 11.3 Å². The summed E-state index contributed by atoms with van der Waals surface area (Å²) in [4.78, 5) is 15.8. The van der Waals surface area contributed by atoms with Crippen molar-refractivity contribution >= 4 is 17.2 Å². The summed E-state index contributed by atoms with van der Waals surface area (Å²) in [7, 11) is 1.65. The minimum Gasteiger partial charge on any atom is -0.375 e. The van der Waals surface area contributed by atoms with Crippen LogP contribution in [0.1, 0.15) is 37.1 Å². The van der Waals surface area contributed by atoms with Gasteiger partial charge in [-0.25, -0.2) is 4.98 Å². The lowest BCUT2D eigenvalue weighted by atomic mass is 10.2. The minimum absolute atomic E-state index is 0.0117. The molecule has 17 heavy (non-hydrogen) atoms. The summed E-state index contributed by atoms with van der Waals surface area (Å²) in [6, 6.07) is -0.439. The van der Waals surface area contributed by atoms with E-state index >= 15 is 0 Å². The molecule has 96 valence electrons. The molecule has 0 bridgehead atoms. The van der Waals surface area contributed by atoms with E-state index in [1.54, 1.807) is 7.11 Å². The maximum Gasteiger partial charge on any atom is 0.237 e. The molecular formula is C11H19N3O2S. The molecule has 3 N–H and O–H groups in total. The molecule has 0 aliphatic rings. The van der Waals surface area contributed by atoms with Crippen molar-refractivity contribution in [3.05, 3.63) is 16.1 Å². The molecule has 0 aromatic carbocycles. The van der Waals surface area contributed by atoms with Gasteiger partial charge in [-0.2, -0.15) is 0 Å². The van der Waals surface area contributed by atoms with Crippen LogP contribution in [-0.4, -0.2) is 24.0 Å². The molecule has 0 saturated heterocycles. The normalized spacial score (nSPS) is 14.4. The summed E-state index contributed by atoms with van der Waals surface area (Å²) in [5.41, 5.74) is 6.44. The molecule has 5 nitrogen and oxygen atoms in total. The molecule has 0 aliphatic heterocycles. The number of methoxy groups -OCH3 is 1. The van der Waals surface area contributed by atoms with Crippen LogP contribution < -0.4 is 11.1 Å². The Morgan fingerprint density at radius 1 is 1.71 bits per heavy atom. The van der Waals surface area contributed by atoms with Gasteiger partial charge in [-0.05, 0) is 13.3 Å². The summed E-state index contributed by atoms with van der Waals surface area (Å²) in [6.45, 7) is 4.24. The zero-order valence-electron chi connectivity index (χ0n) is 10.4. The lowest BCUT2D eigenvalue weighted by molar-refractivity contribution is -0.122. The first kappa shape index (κ1) is 14.1. The number of nitrogens with one attached hydrogen (secondary N) is 1. The van der Waals surface area contributed by atoms with Gasteiger partial charge < -0.3 is 15.8 Å². The number of aromatic nitrogens is 1. The molecule has 1 unspecified atom stereocenters. The van der Waals surface area contributed by atoms with Crippen molar-refractivity contribution in [3.8, 4) is 0 Å². The Morgan fingerprint density at radius 2 is 2.41 bits per heavy atom. The van der Waals surface area contributed by atoms with Crippen molar-refractivity contribution in [2.24, 2.45) is 5.73 Å². The van der Waals surface area contributed by atoms with E-state index in [0.717, 1.165) is 10.7 Å². The monoisotopic (exact) mass is 257 g/mol. The molecule has 0 aliphatic carbocycles. The molecule has 1 amide bonds. The summed E-state index contributed by atoms with van der Waals surface area (Å²) < 4.78 is 5.17. The first-order valence-corrected chi connectivity index (χ1v) is 6.46. The van der Waals surface area contributed by atoms with E-state index < -0.39 is 6.04 Å². The van der Waals surface area contributed by atoms with E-state index in [1.165, 1.54) is 11.3 Å². The number of hydrogen-bond acceptors (Lipinski definition) is 5. The fraction of sp³-hybridized carbons (Fsp3) is 0.636. The van der Waals surface area contributed by atoms with Gasteiger partial charge in [0.25, 0.3) is 0 Å². The Hall–Kier alpha value is -0.980. The number of thiazole rings is 1. The quantitative estimate of drug-likeness (QED) is 0.803. The molecule has 2 atom stereocenters. The molecule has 1 aromatic rings. The first-order chi connectivity index (χ1) is 8.08. The molecule has 0 radical (unpaired) electrons. The third kappa shape index (κ3) is 4.07. The number of nitrogens with two attached hydrogens (primary N) is 1. The lowest BCUT2D eigenvalue weighted by Crippen LogP contribution is -2.39. The number of carbonyl (C=O) groups excluding carboxylic acids is 1. The second kappa shape index (κ2) is 6.68. The highest BCUT2D eigenvalue weighted by atomic mass is 32.1.